The van der Waals surface area contributed by atoms with Gasteiger partial charge in [0, 0.05) is 24.7 Å². The van der Waals surface area contributed by atoms with E-state index in [0.29, 0.717) is 5.82 Å². The van der Waals surface area contributed by atoms with Gasteiger partial charge < -0.3 is 4.57 Å². The van der Waals surface area contributed by atoms with Gasteiger partial charge in [0.1, 0.15) is 5.82 Å². The zero-order chi connectivity index (χ0) is 17.3. The highest BCUT2D eigenvalue weighted by Gasteiger charge is 2.25. The molecule has 0 aliphatic heterocycles. The van der Waals surface area contributed by atoms with E-state index in [-0.39, 0.29) is 11.1 Å². The summed E-state index contributed by atoms with van der Waals surface area (Å²) < 4.78 is 28.6. The first kappa shape index (κ1) is 16.4. The molecule has 126 valence electrons. The lowest BCUT2D eigenvalue weighted by Gasteiger charge is -2.17. The third-order valence-corrected chi connectivity index (χ3v) is 5.86. The normalized spacial score (nSPS) is 13.1. The average molecular weight is 344 g/mol. The quantitative estimate of drug-likeness (QED) is 0.712. The van der Waals surface area contributed by atoms with Crippen LogP contribution in [0.1, 0.15) is 26.3 Å². The summed E-state index contributed by atoms with van der Waals surface area (Å²) in [5.74, 6) is 0.367. The van der Waals surface area contributed by atoms with Crippen LogP contribution in [-0.4, -0.2) is 30.0 Å². The van der Waals surface area contributed by atoms with Crippen LogP contribution in [0.5, 0.6) is 0 Å². The number of hydrogen-bond acceptors (Lipinski definition) is 4. The number of sulfonamides is 1. The van der Waals surface area contributed by atoms with Crippen LogP contribution in [0.25, 0.3) is 10.9 Å². The smallest absolute Gasteiger partial charge is 0.284 e. The molecule has 1 atom stereocenters. The van der Waals surface area contributed by atoms with Crippen molar-refractivity contribution < 1.29 is 8.42 Å². The third-order valence-electron chi connectivity index (χ3n) is 4.21. The second kappa shape index (κ2) is 6.24. The molecule has 0 aliphatic carbocycles. The minimum Gasteiger partial charge on any atom is -0.333 e. The van der Waals surface area contributed by atoms with Gasteiger partial charge in [-0.25, -0.2) is 9.97 Å². The van der Waals surface area contributed by atoms with Gasteiger partial charge in [-0.2, -0.15) is 8.42 Å². The Morgan fingerprint density at radius 1 is 1.21 bits per heavy atom. The van der Waals surface area contributed by atoms with Gasteiger partial charge in [0.2, 0.25) is 0 Å². The number of nitrogens with zero attached hydrogens (tertiary/aromatic N) is 4. The Morgan fingerprint density at radius 3 is 2.71 bits per heavy atom. The zero-order valence-electron chi connectivity index (χ0n) is 13.9. The van der Waals surface area contributed by atoms with Gasteiger partial charge in [0.15, 0.2) is 5.03 Å². The van der Waals surface area contributed by atoms with Gasteiger partial charge in [-0.3, -0.25) is 4.31 Å². The molecule has 24 heavy (non-hydrogen) atoms. The van der Waals surface area contributed by atoms with E-state index < -0.39 is 10.0 Å². The third kappa shape index (κ3) is 2.87. The van der Waals surface area contributed by atoms with Crippen LogP contribution in [0.15, 0.2) is 53.9 Å². The van der Waals surface area contributed by atoms with Gasteiger partial charge in [-0.1, -0.05) is 25.1 Å². The fourth-order valence-corrected chi connectivity index (χ4v) is 3.46. The van der Waals surface area contributed by atoms with E-state index in [0.717, 1.165) is 17.3 Å². The van der Waals surface area contributed by atoms with Crippen molar-refractivity contribution in [3.8, 4) is 0 Å². The average Bonchev–Trinajstić information content (AvgIpc) is 3.11. The van der Waals surface area contributed by atoms with Crippen LogP contribution in [0.4, 0.5) is 5.82 Å². The first-order valence-electron chi connectivity index (χ1n) is 7.81. The monoisotopic (exact) mass is 344 g/mol. The summed E-state index contributed by atoms with van der Waals surface area (Å²) in [7, 11) is -2.25. The fraction of sp³-hybridized carbons (Fsp3) is 0.294. The molecule has 1 aromatic carbocycles. The van der Waals surface area contributed by atoms with Crippen LogP contribution >= 0.6 is 0 Å². The molecule has 0 saturated heterocycles. The molecular formula is C17H20N4O2S. The molecule has 3 rings (SSSR count). The first-order valence-corrected chi connectivity index (χ1v) is 9.25. The molecule has 0 amide bonds. The molecule has 3 aromatic rings. The molecule has 0 spiro atoms. The van der Waals surface area contributed by atoms with Crippen LogP contribution in [0.3, 0.4) is 0 Å². The molecule has 0 N–H and O–H groups in total. The molecule has 0 radical (unpaired) electrons. The van der Waals surface area contributed by atoms with Gasteiger partial charge in [-0.15, -0.1) is 0 Å². The maximum Gasteiger partial charge on any atom is 0.284 e. The summed E-state index contributed by atoms with van der Waals surface area (Å²) in [6, 6.07) is 11.4. The van der Waals surface area contributed by atoms with Crippen molar-refractivity contribution in [1.29, 1.82) is 0 Å². The largest absolute Gasteiger partial charge is 0.333 e. The number of rotatable bonds is 5. The van der Waals surface area contributed by atoms with E-state index in [2.05, 4.69) is 9.97 Å². The van der Waals surface area contributed by atoms with Crippen molar-refractivity contribution in [2.45, 2.75) is 31.3 Å². The van der Waals surface area contributed by atoms with E-state index in [1.165, 1.54) is 11.4 Å². The van der Waals surface area contributed by atoms with Crippen molar-refractivity contribution in [3.05, 3.63) is 48.9 Å². The summed E-state index contributed by atoms with van der Waals surface area (Å²) in [6.45, 7) is 4.07. The van der Waals surface area contributed by atoms with E-state index in [9.17, 15) is 8.42 Å². The maximum atomic E-state index is 12.8. The second-order valence-electron chi connectivity index (χ2n) is 5.75. The van der Waals surface area contributed by atoms with E-state index in [1.807, 2.05) is 48.7 Å². The molecule has 0 aliphatic rings. The van der Waals surface area contributed by atoms with E-state index in [1.54, 1.807) is 18.6 Å². The Labute approximate surface area is 141 Å². The SMILES string of the molecule is CC[C@H](C)n1cnc(S(=O)(=O)N(C)c2ccc3ccccc3n2)c1. The Hall–Kier alpha value is -2.41. The summed E-state index contributed by atoms with van der Waals surface area (Å²) in [6.07, 6.45) is 4.03. The second-order valence-corrected chi connectivity index (χ2v) is 7.67. The number of anilines is 1. The van der Waals surface area contributed by atoms with Crippen molar-refractivity contribution in [1.82, 2.24) is 14.5 Å². The number of para-hydroxylation sites is 1. The topological polar surface area (TPSA) is 68.1 Å². The Morgan fingerprint density at radius 2 is 1.96 bits per heavy atom. The number of hydrogen-bond donors (Lipinski definition) is 0. The Balaban J connectivity index is 1.97. The molecule has 2 heterocycles. The molecular weight excluding hydrogens is 324 g/mol. The molecule has 0 saturated carbocycles. The summed E-state index contributed by atoms with van der Waals surface area (Å²) >= 11 is 0. The van der Waals surface area contributed by atoms with E-state index >= 15 is 0 Å². The highest BCUT2D eigenvalue weighted by atomic mass is 32.2. The van der Waals surface area contributed by atoms with Gasteiger partial charge >= 0.3 is 0 Å². The van der Waals surface area contributed by atoms with Crippen LogP contribution in [-0.2, 0) is 10.0 Å². The Kier molecular flexibility index (Phi) is 4.28. The molecule has 0 fully saturated rings. The number of benzene rings is 1. The maximum absolute atomic E-state index is 12.8. The number of pyridine rings is 1. The molecule has 2 aromatic heterocycles. The lowest BCUT2D eigenvalue weighted by atomic mass is 10.2. The van der Waals surface area contributed by atoms with Crippen molar-refractivity contribution in [2.75, 3.05) is 11.4 Å². The van der Waals surface area contributed by atoms with Gasteiger partial charge in [-0.05, 0) is 31.5 Å². The number of fused-ring (bicyclic) bond motifs is 1. The standard InChI is InChI=1S/C17H20N4O2S/c1-4-13(2)21-11-17(18-12-21)24(22,23)20(3)16-10-9-14-7-5-6-8-15(14)19-16/h5-13H,4H2,1-3H3/t13-/m0/s1. The minimum absolute atomic E-state index is 0.0280. The molecule has 7 heteroatoms. The van der Waals surface area contributed by atoms with Gasteiger partial charge in [0.25, 0.3) is 10.0 Å². The highest BCUT2D eigenvalue weighted by molar-refractivity contribution is 7.92. The lowest BCUT2D eigenvalue weighted by molar-refractivity contribution is 0.529. The minimum atomic E-state index is -3.74. The summed E-state index contributed by atoms with van der Waals surface area (Å²) in [5, 5.41) is 0.994. The van der Waals surface area contributed by atoms with Crippen LogP contribution < -0.4 is 4.31 Å². The van der Waals surface area contributed by atoms with Crippen LogP contribution in [0.2, 0.25) is 0 Å². The number of imidazole rings is 1. The predicted octanol–water partition coefficient (Wildman–Crippen LogP) is 3.23. The fourth-order valence-electron chi connectivity index (χ4n) is 2.40. The van der Waals surface area contributed by atoms with Crippen molar-refractivity contribution in [3.63, 3.8) is 0 Å². The predicted molar refractivity (Wildman–Crippen MR) is 94.6 cm³/mol. The molecule has 0 bridgehead atoms. The molecule has 6 nitrogen and oxygen atoms in total. The number of aromatic nitrogens is 3. The van der Waals surface area contributed by atoms with Gasteiger partial charge in [0.05, 0.1) is 11.8 Å². The van der Waals surface area contributed by atoms with E-state index in [4.69, 9.17) is 0 Å². The summed E-state index contributed by atoms with van der Waals surface area (Å²) in [4.78, 5) is 8.51. The zero-order valence-corrected chi connectivity index (χ0v) is 14.7. The lowest BCUT2D eigenvalue weighted by Crippen LogP contribution is -2.27. The molecule has 0 unspecified atom stereocenters. The van der Waals surface area contributed by atoms with Crippen LogP contribution in [0, 0.1) is 0 Å². The highest BCUT2D eigenvalue weighted by Crippen LogP contribution is 2.23. The first-order chi connectivity index (χ1) is 11.4. The van der Waals surface area contributed by atoms with Crippen molar-refractivity contribution >= 4 is 26.7 Å². The summed E-state index contributed by atoms with van der Waals surface area (Å²) in [5.41, 5.74) is 0.752. The Bertz CT molecular complexity index is 965. The van der Waals surface area contributed by atoms with Crippen molar-refractivity contribution in [2.24, 2.45) is 0 Å².